The van der Waals surface area contributed by atoms with Gasteiger partial charge in [-0.2, -0.15) is 0 Å². The SMILES string of the molecule is CCCCC(CCCCCCCCCCC(O)CC(=O)O)OCc1ccccc1. The van der Waals surface area contributed by atoms with Crippen LogP contribution in [-0.2, 0) is 16.1 Å². The van der Waals surface area contributed by atoms with Gasteiger partial charge in [-0.25, -0.2) is 0 Å². The minimum absolute atomic E-state index is 0.131. The highest BCUT2D eigenvalue weighted by atomic mass is 16.5. The summed E-state index contributed by atoms with van der Waals surface area (Å²) in [5, 5.41) is 18.1. The third kappa shape index (κ3) is 15.2. The number of unbranched alkanes of at least 4 members (excludes halogenated alkanes) is 8. The summed E-state index contributed by atoms with van der Waals surface area (Å²) in [6, 6.07) is 10.4. The number of carbonyl (C=O) groups is 1. The van der Waals surface area contributed by atoms with E-state index in [1.807, 2.05) is 6.07 Å². The van der Waals surface area contributed by atoms with Crippen molar-refractivity contribution in [2.45, 2.75) is 116 Å². The molecule has 2 unspecified atom stereocenters. The maximum Gasteiger partial charge on any atom is 0.305 e. The van der Waals surface area contributed by atoms with Crippen LogP contribution in [0.5, 0.6) is 0 Å². The van der Waals surface area contributed by atoms with Crippen molar-refractivity contribution in [3.8, 4) is 0 Å². The molecular weight excluding hydrogens is 364 g/mol. The highest BCUT2D eigenvalue weighted by Crippen LogP contribution is 2.17. The smallest absolute Gasteiger partial charge is 0.305 e. The molecule has 0 fully saturated rings. The topological polar surface area (TPSA) is 66.8 Å². The molecule has 166 valence electrons. The second-order valence-electron chi connectivity index (χ2n) is 8.22. The minimum atomic E-state index is -0.917. The Bertz CT molecular complexity index is 503. The van der Waals surface area contributed by atoms with E-state index in [9.17, 15) is 9.90 Å². The van der Waals surface area contributed by atoms with Gasteiger partial charge in [-0.1, -0.05) is 101 Å². The number of aliphatic carboxylic acids is 1. The molecule has 0 aliphatic heterocycles. The van der Waals surface area contributed by atoms with Crippen LogP contribution in [0.1, 0.15) is 102 Å². The zero-order valence-electron chi connectivity index (χ0n) is 18.4. The molecule has 4 nitrogen and oxygen atoms in total. The zero-order chi connectivity index (χ0) is 21.2. The summed E-state index contributed by atoms with van der Waals surface area (Å²) in [4.78, 5) is 10.5. The van der Waals surface area contributed by atoms with Crippen molar-refractivity contribution >= 4 is 5.97 Å². The van der Waals surface area contributed by atoms with Gasteiger partial charge >= 0.3 is 5.97 Å². The third-order valence-corrected chi connectivity index (χ3v) is 5.43. The predicted octanol–water partition coefficient (Wildman–Crippen LogP) is 6.50. The lowest BCUT2D eigenvalue weighted by molar-refractivity contribution is -0.139. The van der Waals surface area contributed by atoms with Crippen molar-refractivity contribution in [1.82, 2.24) is 0 Å². The number of benzene rings is 1. The number of carboxylic acids is 1. The zero-order valence-corrected chi connectivity index (χ0v) is 18.4. The van der Waals surface area contributed by atoms with Crippen molar-refractivity contribution in [2.75, 3.05) is 0 Å². The fraction of sp³-hybridized carbons (Fsp3) is 0.720. The molecule has 0 aliphatic carbocycles. The lowest BCUT2D eigenvalue weighted by atomic mass is 10.0. The van der Waals surface area contributed by atoms with E-state index in [1.165, 1.54) is 56.9 Å². The average Bonchev–Trinajstić information content (AvgIpc) is 2.71. The van der Waals surface area contributed by atoms with E-state index in [0.29, 0.717) is 12.5 Å². The van der Waals surface area contributed by atoms with Crippen molar-refractivity contribution in [3.63, 3.8) is 0 Å². The van der Waals surface area contributed by atoms with Crippen LogP contribution in [0.3, 0.4) is 0 Å². The first-order chi connectivity index (χ1) is 14.1. The molecule has 0 radical (unpaired) electrons. The van der Waals surface area contributed by atoms with Gasteiger partial charge < -0.3 is 14.9 Å². The Morgan fingerprint density at radius 2 is 1.41 bits per heavy atom. The van der Waals surface area contributed by atoms with Crippen molar-refractivity contribution in [1.29, 1.82) is 0 Å². The number of aliphatic hydroxyl groups excluding tert-OH is 1. The van der Waals surface area contributed by atoms with Gasteiger partial charge in [0, 0.05) is 0 Å². The van der Waals surface area contributed by atoms with E-state index in [4.69, 9.17) is 9.84 Å². The van der Waals surface area contributed by atoms with Gasteiger partial charge in [0.25, 0.3) is 0 Å². The summed E-state index contributed by atoms with van der Waals surface area (Å²) < 4.78 is 6.19. The number of carboxylic acid groups (broad SMARTS) is 1. The molecule has 1 rings (SSSR count). The molecule has 1 aromatic rings. The predicted molar refractivity (Wildman–Crippen MR) is 119 cm³/mol. The van der Waals surface area contributed by atoms with Gasteiger partial charge in [0.15, 0.2) is 0 Å². The summed E-state index contributed by atoms with van der Waals surface area (Å²) >= 11 is 0. The molecule has 2 atom stereocenters. The van der Waals surface area contributed by atoms with Crippen LogP contribution in [0.4, 0.5) is 0 Å². The maximum atomic E-state index is 10.5. The van der Waals surface area contributed by atoms with E-state index in [2.05, 4.69) is 31.2 Å². The summed E-state index contributed by atoms with van der Waals surface area (Å²) in [6.45, 7) is 2.96. The number of hydrogen-bond acceptors (Lipinski definition) is 3. The summed E-state index contributed by atoms with van der Waals surface area (Å²) in [6.07, 6.45) is 14.4. The fourth-order valence-electron chi connectivity index (χ4n) is 3.65. The van der Waals surface area contributed by atoms with Crippen LogP contribution >= 0.6 is 0 Å². The Balaban J connectivity index is 2.01. The van der Waals surface area contributed by atoms with E-state index >= 15 is 0 Å². The number of aliphatic hydroxyl groups is 1. The number of rotatable bonds is 19. The van der Waals surface area contributed by atoms with Crippen LogP contribution in [0.15, 0.2) is 30.3 Å². The van der Waals surface area contributed by atoms with Gasteiger partial charge in [0.2, 0.25) is 0 Å². The fourth-order valence-corrected chi connectivity index (χ4v) is 3.65. The number of hydrogen-bond donors (Lipinski definition) is 2. The largest absolute Gasteiger partial charge is 0.481 e. The molecule has 0 aromatic heterocycles. The first kappa shape index (κ1) is 25.6. The van der Waals surface area contributed by atoms with E-state index in [0.717, 1.165) is 32.3 Å². The minimum Gasteiger partial charge on any atom is -0.481 e. The first-order valence-corrected chi connectivity index (χ1v) is 11.7. The molecule has 29 heavy (non-hydrogen) atoms. The molecule has 0 amide bonds. The second-order valence-corrected chi connectivity index (χ2v) is 8.22. The quantitative estimate of drug-likeness (QED) is 0.257. The van der Waals surface area contributed by atoms with E-state index < -0.39 is 12.1 Å². The molecule has 1 aromatic carbocycles. The highest BCUT2D eigenvalue weighted by Gasteiger charge is 2.10. The molecule has 0 spiro atoms. The monoisotopic (exact) mass is 406 g/mol. The van der Waals surface area contributed by atoms with E-state index in [1.54, 1.807) is 0 Å². The normalized spacial score (nSPS) is 13.3. The first-order valence-electron chi connectivity index (χ1n) is 11.7. The van der Waals surface area contributed by atoms with Crippen LogP contribution in [-0.4, -0.2) is 28.4 Å². The maximum absolute atomic E-state index is 10.5. The lowest BCUT2D eigenvalue weighted by Gasteiger charge is -2.18. The molecule has 0 bridgehead atoms. The molecule has 0 saturated heterocycles. The molecule has 2 N–H and O–H groups in total. The Kier molecular flexibility index (Phi) is 15.4. The third-order valence-electron chi connectivity index (χ3n) is 5.43. The van der Waals surface area contributed by atoms with Gasteiger partial charge in [0.05, 0.1) is 25.2 Å². The van der Waals surface area contributed by atoms with Crippen molar-refractivity contribution < 1.29 is 19.7 Å². The Morgan fingerprint density at radius 3 is 2.00 bits per heavy atom. The van der Waals surface area contributed by atoms with Crippen LogP contribution < -0.4 is 0 Å². The van der Waals surface area contributed by atoms with Gasteiger partial charge in [-0.3, -0.25) is 4.79 Å². The molecular formula is C25H42O4. The second kappa shape index (κ2) is 17.5. The van der Waals surface area contributed by atoms with Gasteiger partial charge in [-0.05, 0) is 24.8 Å². The summed E-state index contributed by atoms with van der Waals surface area (Å²) in [5.74, 6) is -0.917. The van der Waals surface area contributed by atoms with Crippen LogP contribution in [0, 0.1) is 0 Å². The van der Waals surface area contributed by atoms with Gasteiger partial charge in [0.1, 0.15) is 0 Å². The summed E-state index contributed by atoms with van der Waals surface area (Å²) in [5.41, 5.74) is 1.25. The van der Waals surface area contributed by atoms with Crippen molar-refractivity contribution in [2.24, 2.45) is 0 Å². The van der Waals surface area contributed by atoms with Crippen LogP contribution in [0.25, 0.3) is 0 Å². The lowest BCUT2D eigenvalue weighted by Crippen LogP contribution is -2.13. The van der Waals surface area contributed by atoms with Crippen molar-refractivity contribution in [3.05, 3.63) is 35.9 Å². The average molecular weight is 407 g/mol. The number of ether oxygens (including phenoxy) is 1. The summed E-state index contributed by atoms with van der Waals surface area (Å²) in [7, 11) is 0. The Hall–Kier alpha value is -1.39. The standard InChI is InChI=1S/C25H42O4/c1-2-3-18-24(29-21-22-15-11-10-12-16-22)19-14-9-7-5-4-6-8-13-17-23(26)20-25(27)28/h10-12,15-16,23-24,26H,2-9,13-14,17-21H2,1H3,(H,27,28). The molecule has 0 aliphatic rings. The molecule has 4 heteroatoms. The van der Waals surface area contributed by atoms with Gasteiger partial charge in [-0.15, -0.1) is 0 Å². The Morgan fingerprint density at radius 1 is 0.862 bits per heavy atom. The highest BCUT2D eigenvalue weighted by molar-refractivity contribution is 5.67. The molecule has 0 saturated carbocycles. The van der Waals surface area contributed by atoms with Crippen LogP contribution in [0.2, 0.25) is 0 Å². The van der Waals surface area contributed by atoms with E-state index in [-0.39, 0.29) is 6.42 Å². The Labute approximate surface area is 177 Å². The molecule has 0 heterocycles.